The molecule has 1 aliphatic carbocycles. The fourth-order valence-corrected chi connectivity index (χ4v) is 2.57. The number of hydrogen-bond donors (Lipinski definition) is 1. The zero-order chi connectivity index (χ0) is 22.0. The Labute approximate surface area is 173 Å². The molecule has 160 valence electrons. The largest absolute Gasteiger partial charge is 0.452 e. The Hall–Kier alpha value is -2.35. The van der Waals surface area contributed by atoms with E-state index >= 15 is 0 Å². The third-order valence-corrected chi connectivity index (χ3v) is 4.04. The number of benzene rings is 1. The Morgan fingerprint density at radius 1 is 1.28 bits per heavy atom. The first-order valence-electron chi connectivity index (χ1n) is 9.22. The van der Waals surface area contributed by atoms with Gasteiger partial charge in [-0.25, -0.2) is 23.1 Å². The van der Waals surface area contributed by atoms with Gasteiger partial charge in [0, 0.05) is 24.4 Å². The molecule has 0 saturated heterocycles. The van der Waals surface area contributed by atoms with Gasteiger partial charge in [-0.2, -0.15) is 0 Å². The molecule has 1 aliphatic rings. The van der Waals surface area contributed by atoms with E-state index in [0.29, 0.717) is 12.0 Å². The normalized spacial score (nSPS) is 14.5. The van der Waals surface area contributed by atoms with Crippen molar-refractivity contribution in [2.24, 2.45) is 0 Å². The number of rotatable bonds is 5. The molecule has 1 aromatic carbocycles. The van der Waals surface area contributed by atoms with Gasteiger partial charge >= 0.3 is 0 Å². The standard InChI is InChI=1S/C14H10ClF3N2O.C4H9NO.C2H6/c15-13-12(6-19-7-20-13)21-11-2-1-9(16)3-10(11)8-4-14(17,18)5-8;1-4(2)5-3-6;1-2/h1-3,6-8H,4-5H2;3-4H,1-2H3,(H,5,6);1-2H3. The Morgan fingerprint density at radius 2 is 1.93 bits per heavy atom. The molecule has 5 nitrogen and oxygen atoms in total. The second kappa shape index (κ2) is 11.6. The number of nitrogens with zero attached hydrogens (tertiary/aromatic N) is 2. The van der Waals surface area contributed by atoms with Crippen LogP contribution in [0.4, 0.5) is 13.2 Å². The number of amides is 1. The van der Waals surface area contributed by atoms with Crippen molar-refractivity contribution in [3.8, 4) is 11.5 Å². The Kier molecular flexibility index (Phi) is 9.88. The van der Waals surface area contributed by atoms with E-state index in [1.165, 1.54) is 30.7 Å². The predicted molar refractivity (Wildman–Crippen MR) is 106 cm³/mol. The van der Waals surface area contributed by atoms with Gasteiger partial charge in [0.25, 0.3) is 0 Å². The minimum absolute atomic E-state index is 0.0965. The van der Waals surface area contributed by atoms with E-state index in [0.717, 1.165) is 0 Å². The number of alkyl halides is 2. The van der Waals surface area contributed by atoms with E-state index in [4.69, 9.17) is 16.3 Å². The van der Waals surface area contributed by atoms with E-state index in [1.54, 1.807) is 0 Å². The third kappa shape index (κ3) is 7.89. The number of carbonyl (C=O) groups is 1. The summed E-state index contributed by atoms with van der Waals surface area (Å²) in [5.41, 5.74) is 0.404. The lowest BCUT2D eigenvalue weighted by Gasteiger charge is -2.35. The van der Waals surface area contributed by atoms with Crippen molar-refractivity contribution in [1.82, 2.24) is 15.3 Å². The molecule has 2 aromatic rings. The number of nitrogens with one attached hydrogen (secondary N) is 1. The summed E-state index contributed by atoms with van der Waals surface area (Å²) in [5, 5.41) is 2.62. The molecule has 0 unspecified atom stereocenters. The van der Waals surface area contributed by atoms with E-state index in [1.807, 2.05) is 27.7 Å². The zero-order valence-electron chi connectivity index (χ0n) is 16.8. The lowest BCUT2D eigenvalue weighted by Crippen LogP contribution is -2.33. The molecule has 0 bridgehead atoms. The summed E-state index contributed by atoms with van der Waals surface area (Å²) in [6.07, 6.45) is 2.69. The molecule has 29 heavy (non-hydrogen) atoms. The summed E-state index contributed by atoms with van der Waals surface area (Å²) >= 11 is 5.86. The zero-order valence-corrected chi connectivity index (χ0v) is 17.5. The lowest BCUT2D eigenvalue weighted by molar-refractivity contribution is -0.109. The van der Waals surface area contributed by atoms with Gasteiger partial charge in [0.05, 0.1) is 6.20 Å². The van der Waals surface area contributed by atoms with Crippen LogP contribution in [0.3, 0.4) is 0 Å². The first-order valence-corrected chi connectivity index (χ1v) is 9.60. The van der Waals surface area contributed by atoms with Gasteiger partial charge in [0.2, 0.25) is 12.3 Å². The minimum atomic E-state index is -2.69. The van der Waals surface area contributed by atoms with Crippen LogP contribution >= 0.6 is 11.6 Å². The summed E-state index contributed by atoms with van der Waals surface area (Å²) in [5.74, 6) is -3.15. The Balaban J connectivity index is 0.000000454. The van der Waals surface area contributed by atoms with Crippen molar-refractivity contribution < 1.29 is 22.7 Å². The van der Waals surface area contributed by atoms with E-state index < -0.39 is 17.7 Å². The molecule has 1 heterocycles. The number of hydrogen-bond acceptors (Lipinski definition) is 4. The second-order valence-corrected chi connectivity index (χ2v) is 6.72. The molecule has 1 fully saturated rings. The summed E-state index contributed by atoms with van der Waals surface area (Å²) in [6, 6.07) is 4.09. The van der Waals surface area contributed by atoms with Crippen molar-refractivity contribution in [3.05, 3.63) is 47.3 Å². The summed E-state index contributed by atoms with van der Waals surface area (Å²) in [6.45, 7) is 7.82. The molecule has 0 aliphatic heterocycles. The van der Waals surface area contributed by atoms with Crippen molar-refractivity contribution in [3.63, 3.8) is 0 Å². The highest BCUT2D eigenvalue weighted by atomic mass is 35.5. The highest BCUT2D eigenvalue weighted by Crippen LogP contribution is 2.51. The quantitative estimate of drug-likeness (QED) is 0.484. The maximum absolute atomic E-state index is 13.4. The molecule has 0 spiro atoms. The van der Waals surface area contributed by atoms with Crippen LogP contribution in [0, 0.1) is 5.82 Å². The van der Waals surface area contributed by atoms with Crippen LogP contribution in [0.15, 0.2) is 30.7 Å². The smallest absolute Gasteiger partial charge is 0.249 e. The van der Waals surface area contributed by atoms with Gasteiger partial charge in [-0.05, 0) is 38.0 Å². The van der Waals surface area contributed by atoms with Gasteiger partial charge in [0.1, 0.15) is 17.9 Å². The minimum Gasteiger partial charge on any atom is -0.452 e. The van der Waals surface area contributed by atoms with E-state index in [2.05, 4.69) is 15.3 Å². The van der Waals surface area contributed by atoms with Gasteiger partial charge < -0.3 is 10.1 Å². The van der Waals surface area contributed by atoms with Crippen LogP contribution < -0.4 is 10.1 Å². The number of ether oxygens (including phenoxy) is 1. The molecular formula is C20H25ClF3N3O2. The molecule has 9 heteroatoms. The van der Waals surface area contributed by atoms with E-state index in [-0.39, 0.29) is 35.5 Å². The lowest BCUT2D eigenvalue weighted by atomic mass is 9.76. The molecule has 3 rings (SSSR count). The number of aromatic nitrogens is 2. The molecular weight excluding hydrogens is 407 g/mol. The van der Waals surface area contributed by atoms with Gasteiger partial charge in [0.15, 0.2) is 10.9 Å². The fourth-order valence-electron chi connectivity index (χ4n) is 2.44. The van der Waals surface area contributed by atoms with Crippen LogP contribution in [0.25, 0.3) is 0 Å². The SMILES string of the molecule is CC.CC(C)NC=O.Fc1ccc(Oc2cncnc2Cl)c(C2CC(F)(F)C2)c1. The molecule has 0 radical (unpaired) electrons. The van der Waals surface area contributed by atoms with Gasteiger partial charge in [-0.1, -0.05) is 25.4 Å². The average molecular weight is 432 g/mol. The van der Waals surface area contributed by atoms with Gasteiger partial charge in [-0.15, -0.1) is 0 Å². The Bertz CT molecular complexity index is 783. The molecule has 1 saturated carbocycles. The molecule has 0 atom stereocenters. The van der Waals surface area contributed by atoms with Crippen molar-refractivity contribution >= 4 is 18.0 Å². The fraction of sp³-hybridized carbons (Fsp3) is 0.450. The van der Waals surface area contributed by atoms with Crippen molar-refractivity contribution in [1.29, 1.82) is 0 Å². The van der Waals surface area contributed by atoms with Crippen molar-refractivity contribution in [2.45, 2.75) is 58.4 Å². The monoisotopic (exact) mass is 431 g/mol. The second-order valence-electron chi connectivity index (χ2n) is 6.36. The maximum Gasteiger partial charge on any atom is 0.249 e. The Morgan fingerprint density at radius 3 is 2.41 bits per heavy atom. The number of halogens is 4. The highest BCUT2D eigenvalue weighted by Gasteiger charge is 2.46. The predicted octanol–water partition coefficient (Wildman–Crippen LogP) is 5.74. The first kappa shape index (κ1) is 24.7. The summed E-state index contributed by atoms with van der Waals surface area (Å²) in [7, 11) is 0. The van der Waals surface area contributed by atoms with Crippen LogP contribution in [0.5, 0.6) is 11.5 Å². The first-order chi connectivity index (χ1) is 13.7. The highest BCUT2D eigenvalue weighted by molar-refractivity contribution is 6.30. The van der Waals surface area contributed by atoms with Crippen LogP contribution in [0.2, 0.25) is 5.15 Å². The summed E-state index contributed by atoms with van der Waals surface area (Å²) in [4.78, 5) is 17.0. The van der Waals surface area contributed by atoms with Gasteiger partial charge in [-0.3, -0.25) is 4.79 Å². The van der Waals surface area contributed by atoms with Crippen LogP contribution in [-0.4, -0.2) is 28.3 Å². The van der Waals surface area contributed by atoms with E-state index in [9.17, 15) is 18.0 Å². The van der Waals surface area contributed by atoms with Crippen molar-refractivity contribution in [2.75, 3.05) is 0 Å². The maximum atomic E-state index is 13.4. The summed E-state index contributed by atoms with van der Waals surface area (Å²) < 4.78 is 45.0. The topological polar surface area (TPSA) is 64.1 Å². The van der Waals surface area contributed by atoms with Crippen LogP contribution in [0.1, 0.15) is 52.0 Å². The molecule has 1 N–H and O–H groups in total. The molecule has 1 aromatic heterocycles. The van der Waals surface area contributed by atoms with Crippen LogP contribution in [-0.2, 0) is 4.79 Å². The molecule has 1 amide bonds. The third-order valence-electron chi connectivity index (χ3n) is 3.76. The number of carbonyl (C=O) groups excluding carboxylic acids is 1. The average Bonchev–Trinajstić information content (AvgIpc) is 2.65.